The van der Waals surface area contributed by atoms with Gasteiger partial charge in [0.25, 0.3) is 0 Å². The number of aliphatic hydroxyl groups is 1. The quantitative estimate of drug-likeness (QED) is 0.641. The summed E-state index contributed by atoms with van der Waals surface area (Å²) >= 11 is 0. The fourth-order valence-electron chi connectivity index (χ4n) is 1.69. The van der Waals surface area contributed by atoms with E-state index in [-0.39, 0.29) is 12.2 Å². The maximum Gasteiger partial charge on any atom is 0.0840 e. The topological polar surface area (TPSA) is 29.5 Å². The van der Waals surface area contributed by atoms with Gasteiger partial charge in [0.05, 0.1) is 12.2 Å². The maximum absolute atomic E-state index is 9.64. The zero-order valence-electron chi connectivity index (χ0n) is 7.92. The van der Waals surface area contributed by atoms with E-state index in [1.54, 1.807) is 0 Å². The fraction of sp³-hybridized carbons (Fsp3) is 0.800. The second-order valence-electron chi connectivity index (χ2n) is 3.25. The van der Waals surface area contributed by atoms with Crippen LogP contribution in [0.5, 0.6) is 0 Å². The lowest BCUT2D eigenvalue weighted by molar-refractivity contribution is -0.0446. The van der Waals surface area contributed by atoms with E-state index in [2.05, 4.69) is 6.08 Å². The Labute approximate surface area is 74.2 Å². The van der Waals surface area contributed by atoms with Crippen molar-refractivity contribution in [3.63, 3.8) is 0 Å². The standard InChI is InChI=1S/C10H18O2/c1-3-8-5-6-10(12-4-2)9(11)7-8/h3,9-11H,4-7H2,1-2H3/b8-3-. The van der Waals surface area contributed by atoms with Crippen molar-refractivity contribution >= 4 is 0 Å². The lowest BCUT2D eigenvalue weighted by atomic mass is 9.90. The van der Waals surface area contributed by atoms with Gasteiger partial charge in [0.2, 0.25) is 0 Å². The van der Waals surface area contributed by atoms with Gasteiger partial charge in [0.1, 0.15) is 0 Å². The summed E-state index contributed by atoms with van der Waals surface area (Å²) in [6.45, 7) is 4.70. The minimum atomic E-state index is -0.287. The van der Waals surface area contributed by atoms with E-state index in [0.717, 1.165) is 19.3 Å². The molecule has 0 bridgehead atoms. The first-order valence-corrected chi connectivity index (χ1v) is 4.71. The zero-order valence-corrected chi connectivity index (χ0v) is 7.92. The molecular formula is C10H18O2. The van der Waals surface area contributed by atoms with Crippen molar-refractivity contribution in [1.82, 2.24) is 0 Å². The summed E-state index contributed by atoms with van der Waals surface area (Å²) in [7, 11) is 0. The van der Waals surface area contributed by atoms with E-state index in [9.17, 15) is 5.11 Å². The van der Waals surface area contributed by atoms with Gasteiger partial charge in [-0.15, -0.1) is 0 Å². The van der Waals surface area contributed by atoms with E-state index >= 15 is 0 Å². The molecule has 70 valence electrons. The van der Waals surface area contributed by atoms with Crippen molar-refractivity contribution in [2.45, 2.75) is 45.3 Å². The zero-order chi connectivity index (χ0) is 8.97. The molecular weight excluding hydrogens is 152 g/mol. The third-order valence-electron chi connectivity index (χ3n) is 2.44. The molecule has 0 aromatic heterocycles. The molecule has 0 aromatic carbocycles. The summed E-state index contributed by atoms with van der Waals surface area (Å²) in [5.41, 5.74) is 1.36. The molecule has 2 unspecified atom stereocenters. The van der Waals surface area contributed by atoms with Crippen molar-refractivity contribution in [2.75, 3.05) is 6.61 Å². The summed E-state index contributed by atoms with van der Waals surface area (Å²) in [5.74, 6) is 0. The van der Waals surface area contributed by atoms with Crippen LogP contribution in [0, 0.1) is 0 Å². The molecule has 0 heterocycles. The molecule has 1 fully saturated rings. The first-order chi connectivity index (χ1) is 5.77. The normalized spacial score (nSPS) is 34.1. The Balaban J connectivity index is 2.42. The highest BCUT2D eigenvalue weighted by molar-refractivity contribution is 5.06. The molecule has 1 rings (SSSR count). The molecule has 1 N–H and O–H groups in total. The number of rotatable bonds is 2. The van der Waals surface area contributed by atoms with Crippen LogP contribution in [0.3, 0.4) is 0 Å². The summed E-state index contributed by atoms with van der Waals surface area (Å²) in [6, 6.07) is 0. The third kappa shape index (κ3) is 2.32. The molecule has 0 saturated heterocycles. The average Bonchev–Trinajstić information content (AvgIpc) is 2.09. The average molecular weight is 170 g/mol. The van der Waals surface area contributed by atoms with Crippen LogP contribution in [-0.4, -0.2) is 23.9 Å². The lowest BCUT2D eigenvalue weighted by Crippen LogP contribution is -2.33. The first-order valence-electron chi connectivity index (χ1n) is 4.71. The van der Waals surface area contributed by atoms with Crippen LogP contribution in [0.25, 0.3) is 0 Å². The smallest absolute Gasteiger partial charge is 0.0840 e. The third-order valence-corrected chi connectivity index (χ3v) is 2.44. The van der Waals surface area contributed by atoms with Gasteiger partial charge in [-0.05, 0) is 33.1 Å². The van der Waals surface area contributed by atoms with Crippen LogP contribution in [0.4, 0.5) is 0 Å². The molecule has 0 radical (unpaired) electrons. The minimum Gasteiger partial charge on any atom is -0.390 e. The summed E-state index contributed by atoms with van der Waals surface area (Å²) in [4.78, 5) is 0. The molecule has 0 aromatic rings. The lowest BCUT2D eigenvalue weighted by Gasteiger charge is -2.28. The van der Waals surface area contributed by atoms with Crippen molar-refractivity contribution < 1.29 is 9.84 Å². The van der Waals surface area contributed by atoms with Crippen molar-refractivity contribution in [3.05, 3.63) is 11.6 Å². The van der Waals surface area contributed by atoms with Gasteiger partial charge in [-0.1, -0.05) is 11.6 Å². The summed E-state index contributed by atoms with van der Waals surface area (Å²) in [5, 5.41) is 9.64. The number of aliphatic hydroxyl groups excluding tert-OH is 1. The van der Waals surface area contributed by atoms with Crippen LogP contribution in [-0.2, 0) is 4.74 Å². The number of hydrogen-bond donors (Lipinski definition) is 1. The largest absolute Gasteiger partial charge is 0.390 e. The van der Waals surface area contributed by atoms with E-state index in [0.29, 0.717) is 6.61 Å². The van der Waals surface area contributed by atoms with Gasteiger partial charge in [0, 0.05) is 6.61 Å². The van der Waals surface area contributed by atoms with Gasteiger partial charge in [-0.2, -0.15) is 0 Å². The summed E-state index contributed by atoms with van der Waals surface area (Å²) in [6.07, 6.45) is 4.73. The second kappa shape index (κ2) is 4.63. The molecule has 0 aliphatic heterocycles. The van der Waals surface area contributed by atoms with Gasteiger partial charge in [-0.25, -0.2) is 0 Å². The number of allylic oxidation sites excluding steroid dienone is 1. The van der Waals surface area contributed by atoms with Gasteiger partial charge >= 0.3 is 0 Å². The molecule has 12 heavy (non-hydrogen) atoms. The molecule has 2 nitrogen and oxygen atoms in total. The Kier molecular flexibility index (Phi) is 3.76. The Bertz CT molecular complexity index is 163. The maximum atomic E-state index is 9.64. The minimum absolute atomic E-state index is 0.0682. The summed E-state index contributed by atoms with van der Waals surface area (Å²) < 4.78 is 5.41. The Hall–Kier alpha value is -0.340. The fourth-order valence-corrected chi connectivity index (χ4v) is 1.69. The van der Waals surface area contributed by atoms with E-state index in [4.69, 9.17) is 4.74 Å². The number of ether oxygens (including phenoxy) is 1. The molecule has 0 amide bonds. The predicted molar refractivity (Wildman–Crippen MR) is 49.0 cm³/mol. The highest BCUT2D eigenvalue weighted by atomic mass is 16.5. The van der Waals surface area contributed by atoms with Gasteiger partial charge in [0.15, 0.2) is 0 Å². The highest BCUT2D eigenvalue weighted by Crippen LogP contribution is 2.25. The van der Waals surface area contributed by atoms with Gasteiger partial charge in [-0.3, -0.25) is 0 Å². The van der Waals surface area contributed by atoms with Crippen molar-refractivity contribution in [1.29, 1.82) is 0 Å². The monoisotopic (exact) mass is 170 g/mol. The van der Waals surface area contributed by atoms with Crippen molar-refractivity contribution in [3.8, 4) is 0 Å². The van der Waals surface area contributed by atoms with E-state index in [1.807, 2.05) is 13.8 Å². The van der Waals surface area contributed by atoms with Crippen LogP contribution in [0.1, 0.15) is 33.1 Å². The van der Waals surface area contributed by atoms with Crippen molar-refractivity contribution in [2.24, 2.45) is 0 Å². The molecule has 1 saturated carbocycles. The molecule has 0 spiro atoms. The number of hydrogen-bond acceptors (Lipinski definition) is 2. The Morgan fingerprint density at radius 1 is 1.67 bits per heavy atom. The second-order valence-corrected chi connectivity index (χ2v) is 3.25. The van der Waals surface area contributed by atoms with Gasteiger partial charge < -0.3 is 9.84 Å². The highest BCUT2D eigenvalue weighted by Gasteiger charge is 2.25. The van der Waals surface area contributed by atoms with Crippen LogP contribution in [0.2, 0.25) is 0 Å². The van der Waals surface area contributed by atoms with Crippen LogP contribution in [0.15, 0.2) is 11.6 Å². The molecule has 2 atom stereocenters. The Morgan fingerprint density at radius 3 is 2.92 bits per heavy atom. The van der Waals surface area contributed by atoms with E-state index < -0.39 is 0 Å². The van der Waals surface area contributed by atoms with Crippen LogP contribution < -0.4 is 0 Å². The first kappa shape index (κ1) is 9.75. The molecule has 1 aliphatic carbocycles. The SMILES string of the molecule is C/C=C1/CCC(OCC)C(O)C1. The van der Waals surface area contributed by atoms with Crippen LogP contribution >= 0.6 is 0 Å². The molecule has 2 heteroatoms. The Morgan fingerprint density at radius 2 is 2.42 bits per heavy atom. The molecule has 1 aliphatic rings. The van der Waals surface area contributed by atoms with E-state index in [1.165, 1.54) is 5.57 Å². The predicted octanol–water partition coefficient (Wildman–Crippen LogP) is 1.88.